The van der Waals surface area contributed by atoms with E-state index in [4.69, 9.17) is 9.47 Å². The minimum atomic E-state index is -0.166. The number of aromatic nitrogens is 3. The molecule has 2 aromatic heterocycles. The standard InChI is InChI=1S/C25H26N4O3S/c1-5-28(6-2)19-11-7-18(8-12-19)16-22-24(30)29-25(33-22)26-23(27-29)14-10-17-9-13-20(31-3)21(15-17)32-4/h7-16H,5-6H2,1-4H3/b14-10+,22-16-. The van der Waals surface area contributed by atoms with Gasteiger partial charge in [0.15, 0.2) is 17.3 Å². The second-order valence-corrected chi connectivity index (χ2v) is 8.30. The first-order valence-electron chi connectivity index (χ1n) is 10.7. The molecule has 8 heteroatoms. The molecule has 0 saturated carbocycles. The molecular weight excluding hydrogens is 436 g/mol. The topological polar surface area (TPSA) is 69.0 Å². The van der Waals surface area contributed by atoms with E-state index in [0.717, 1.165) is 24.2 Å². The van der Waals surface area contributed by atoms with Crippen molar-refractivity contribution in [1.29, 1.82) is 0 Å². The van der Waals surface area contributed by atoms with Crippen LogP contribution in [0.4, 0.5) is 5.69 Å². The number of benzene rings is 2. The van der Waals surface area contributed by atoms with Crippen LogP contribution in [0.1, 0.15) is 30.8 Å². The number of nitrogens with zero attached hydrogens (tertiary/aromatic N) is 4. The first-order valence-corrected chi connectivity index (χ1v) is 11.5. The van der Waals surface area contributed by atoms with E-state index in [2.05, 4.69) is 41.0 Å². The zero-order chi connectivity index (χ0) is 23.4. The highest BCUT2D eigenvalue weighted by Crippen LogP contribution is 2.28. The number of fused-ring (bicyclic) bond motifs is 1. The summed E-state index contributed by atoms with van der Waals surface area (Å²) in [5.74, 6) is 1.78. The van der Waals surface area contributed by atoms with Gasteiger partial charge in [-0.15, -0.1) is 5.10 Å². The Balaban J connectivity index is 1.58. The van der Waals surface area contributed by atoms with Crippen LogP contribution in [-0.4, -0.2) is 41.9 Å². The number of anilines is 1. The van der Waals surface area contributed by atoms with Crippen molar-refractivity contribution in [1.82, 2.24) is 14.6 Å². The van der Waals surface area contributed by atoms with E-state index in [1.54, 1.807) is 20.3 Å². The van der Waals surface area contributed by atoms with Gasteiger partial charge in [-0.2, -0.15) is 9.50 Å². The molecule has 33 heavy (non-hydrogen) atoms. The SMILES string of the molecule is CCN(CC)c1ccc(/C=c2\sc3nc(/C=C/c4ccc(OC)c(OC)c4)nn3c2=O)cc1. The van der Waals surface area contributed by atoms with Gasteiger partial charge in [0.2, 0.25) is 4.96 Å². The fourth-order valence-electron chi connectivity index (χ4n) is 3.57. The first kappa shape index (κ1) is 22.5. The van der Waals surface area contributed by atoms with E-state index in [1.807, 2.05) is 42.5 Å². The monoisotopic (exact) mass is 462 g/mol. The molecule has 4 aromatic rings. The average Bonchev–Trinajstić information content (AvgIpc) is 3.37. The molecule has 0 unspecified atom stereocenters. The van der Waals surface area contributed by atoms with Crippen LogP contribution in [0.3, 0.4) is 0 Å². The fourth-order valence-corrected chi connectivity index (χ4v) is 4.48. The van der Waals surface area contributed by atoms with Crippen LogP contribution in [0, 0.1) is 0 Å². The van der Waals surface area contributed by atoms with Crippen molar-refractivity contribution in [2.24, 2.45) is 0 Å². The third-order valence-corrected chi connectivity index (χ3v) is 6.31. The number of methoxy groups -OCH3 is 2. The molecule has 0 radical (unpaired) electrons. The predicted molar refractivity (Wildman–Crippen MR) is 134 cm³/mol. The third-order valence-electron chi connectivity index (χ3n) is 5.35. The summed E-state index contributed by atoms with van der Waals surface area (Å²) in [6, 6.07) is 13.8. The molecule has 0 aliphatic rings. The molecule has 2 aromatic carbocycles. The van der Waals surface area contributed by atoms with E-state index in [1.165, 1.54) is 21.5 Å². The molecule has 170 valence electrons. The van der Waals surface area contributed by atoms with Crippen molar-refractivity contribution in [2.75, 3.05) is 32.2 Å². The fraction of sp³-hybridized carbons (Fsp3) is 0.240. The molecule has 2 heterocycles. The number of hydrogen-bond donors (Lipinski definition) is 0. The lowest BCUT2D eigenvalue weighted by Crippen LogP contribution is -2.23. The molecule has 7 nitrogen and oxygen atoms in total. The summed E-state index contributed by atoms with van der Waals surface area (Å²) in [6.07, 6.45) is 5.53. The van der Waals surface area contributed by atoms with Gasteiger partial charge in [0.25, 0.3) is 5.56 Å². The van der Waals surface area contributed by atoms with Crippen LogP contribution in [0.2, 0.25) is 0 Å². The quantitative estimate of drug-likeness (QED) is 0.397. The van der Waals surface area contributed by atoms with E-state index in [0.29, 0.717) is 26.8 Å². The Bertz CT molecular complexity index is 1390. The summed E-state index contributed by atoms with van der Waals surface area (Å²) in [4.78, 5) is 20.2. The van der Waals surface area contributed by atoms with Crippen LogP contribution in [-0.2, 0) is 0 Å². The van der Waals surface area contributed by atoms with Crippen molar-refractivity contribution in [3.05, 3.63) is 74.3 Å². The molecule has 0 fully saturated rings. The second kappa shape index (κ2) is 9.87. The van der Waals surface area contributed by atoms with E-state index >= 15 is 0 Å². The zero-order valence-electron chi connectivity index (χ0n) is 19.1. The Morgan fingerprint density at radius 2 is 1.67 bits per heavy atom. The van der Waals surface area contributed by atoms with Gasteiger partial charge in [-0.25, -0.2) is 0 Å². The highest BCUT2D eigenvalue weighted by molar-refractivity contribution is 7.15. The average molecular weight is 463 g/mol. The number of hydrogen-bond acceptors (Lipinski definition) is 7. The molecule has 0 bridgehead atoms. The van der Waals surface area contributed by atoms with E-state index < -0.39 is 0 Å². The molecule has 0 saturated heterocycles. The lowest BCUT2D eigenvalue weighted by atomic mass is 10.2. The van der Waals surface area contributed by atoms with Crippen molar-refractivity contribution >= 4 is 40.2 Å². The minimum absolute atomic E-state index is 0.166. The predicted octanol–water partition coefficient (Wildman–Crippen LogP) is 3.73. The highest BCUT2D eigenvalue weighted by atomic mass is 32.1. The Labute approximate surface area is 196 Å². The minimum Gasteiger partial charge on any atom is -0.493 e. The summed E-state index contributed by atoms with van der Waals surface area (Å²) in [5.41, 5.74) is 2.89. The normalized spacial score (nSPS) is 12.1. The van der Waals surface area contributed by atoms with Gasteiger partial charge >= 0.3 is 0 Å². The Morgan fingerprint density at radius 3 is 2.30 bits per heavy atom. The van der Waals surface area contributed by atoms with Crippen LogP contribution < -0.4 is 24.5 Å². The number of ether oxygens (including phenoxy) is 2. The van der Waals surface area contributed by atoms with Gasteiger partial charge in [-0.3, -0.25) is 4.79 Å². The molecule has 0 spiro atoms. The zero-order valence-corrected chi connectivity index (χ0v) is 19.9. The van der Waals surface area contributed by atoms with E-state index in [9.17, 15) is 4.79 Å². The maximum Gasteiger partial charge on any atom is 0.291 e. The second-order valence-electron chi connectivity index (χ2n) is 7.29. The smallest absolute Gasteiger partial charge is 0.291 e. The molecule has 0 aliphatic carbocycles. The summed E-state index contributed by atoms with van der Waals surface area (Å²) in [7, 11) is 3.20. The molecular formula is C25H26N4O3S. The maximum atomic E-state index is 12.8. The number of rotatable bonds is 8. The van der Waals surface area contributed by atoms with Gasteiger partial charge in [-0.05, 0) is 61.4 Å². The van der Waals surface area contributed by atoms with Gasteiger partial charge < -0.3 is 14.4 Å². The Kier molecular flexibility index (Phi) is 6.74. The highest BCUT2D eigenvalue weighted by Gasteiger charge is 2.09. The van der Waals surface area contributed by atoms with Crippen molar-refractivity contribution in [2.45, 2.75) is 13.8 Å². The summed E-state index contributed by atoms with van der Waals surface area (Å²) >= 11 is 1.33. The van der Waals surface area contributed by atoms with Gasteiger partial charge in [0.05, 0.1) is 18.8 Å². The van der Waals surface area contributed by atoms with Crippen LogP contribution in [0.15, 0.2) is 47.3 Å². The van der Waals surface area contributed by atoms with Crippen LogP contribution >= 0.6 is 11.3 Å². The Hall–Kier alpha value is -3.65. The number of thiazole rings is 1. The third kappa shape index (κ3) is 4.75. The van der Waals surface area contributed by atoms with Crippen molar-refractivity contribution < 1.29 is 9.47 Å². The summed E-state index contributed by atoms with van der Waals surface area (Å²) < 4.78 is 12.6. The van der Waals surface area contributed by atoms with Gasteiger partial charge in [0.1, 0.15) is 0 Å². The first-order chi connectivity index (χ1) is 16.1. The van der Waals surface area contributed by atoms with Crippen molar-refractivity contribution in [3.8, 4) is 11.5 Å². The molecule has 0 amide bonds. The molecule has 0 aliphatic heterocycles. The molecule has 4 rings (SSSR count). The largest absolute Gasteiger partial charge is 0.493 e. The molecule has 0 N–H and O–H groups in total. The lowest BCUT2D eigenvalue weighted by Gasteiger charge is -2.20. The maximum absolute atomic E-state index is 12.8. The van der Waals surface area contributed by atoms with Crippen LogP contribution in [0.25, 0.3) is 23.2 Å². The van der Waals surface area contributed by atoms with Gasteiger partial charge in [0, 0.05) is 18.8 Å². The summed E-state index contributed by atoms with van der Waals surface area (Å²) in [5, 5.41) is 4.36. The molecule has 0 atom stereocenters. The van der Waals surface area contributed by atoms with Gasteiger partial charge in [-0.1, -0.05) is 35.6 Å². The van der Waals surface area contributed by atoms with Crippen molar-refractivity contribution in [3.63, 3.8) is 0 Å². The Morgan fingerprint density at radius 1 is 0.970 bits per heavy atom. The van der Waals surface area contributed by atoms with Crippen LogP contribution in [0.5, 0.6) is 11.5 Å². The summed E-state index contributed by atoms with van der Waals surface area (Å²) in [6.45, 7) is 6.19. The lowest BCUT2D eigenvalue weighted by molar-refractivity contribution is 0.355. The van der Waals surface area contributed by atoms with E-state index in [-0.39, 0.29) is 5.56 Å².